The Balaban J connectivity index is 2.63. The summed E-state index contributed by atoms with van der Waals surface area (Å²) in [4.78, 5) is 28.2. The Morgan fingerprint density at radius 2 is 1.90 bits per heavy atom. The van der Waals surface area contributed by atoms with Crippen LogP contribution >= 0.6 is 0 Å². The highest BCUT2D eigenvalue weighted by Gasteiger charge is 2.26. The van der Waals surface area contributed by atoms with Crippen molar-refractivity contribution in [3.63, 3.8) is 0 Å². The molecule has 0 bridgehead atoms. The monoisotopic (exact) mass is 273 g/mol. The molecule has 5 nitrogen and oxygen atoms in total. The molecule has 106 valence electrons. The second-order valence-electron chi connectivity index (χ2n) is 4.84. The number of hydrogen-bond donors (Lipinski definition) is 1. The maximum absolute atomic E-state index is 11.9. The lowest BCUT2D eigenvalue weighted by atomic mass is 10.1. The summed E-state index contributed by atoms with van der Waals surface area (Å²) in [5, 5.41) is 3.19. The highest BCUT2D eigenvalue weighted by molar-refractivity contribution is 6.04. The Kier molecular flexibility index (Phi) is 4.17. The third-order valence-corrected chi connectivity index (χ3v) is 3.16. The number of nitrogens with one attached hydrogen (secondary N) is 1. The Hall–Kier alpha value is -2.17. The molecule has 0 aliphatic heterocycles. The molecule has 0 saturated heterocycles. The Labute approximate surface area is 118 Å². The molecule has 0 aliphatic rings. The van der Waals surface area contributed by atoms with Crippen molar-refractivity contribution in [1.29, 1.82) is 0 Å². The molecule has 1 N–H and O–H groups in total. The van der Waals surface area contributed by atoms with Gasteiger partial charge in [0.2, 0.25) is 5.95 Å². The molecule has 0 spiro atoms. The van der Waals surface area contributed by atoms with E-state index < -0.39 is 6.04 Å². The number of aromatic nitrogens is 2. The van der Waals surface area contributed by atoms with Crippen LogP contribution in [0.4, 0.5) is 5.95 Å². The first-order valence-electron chi connectivity index (χ1n) is 6.78. The number of benzene rings is 1. The van der Waals surface area contributed by atoms with Crippen molar-refractivity contribution >= 4 is 28.5 Å². The second-order valence-corrected chi connectivity index (χ2v) is 4.84. The average molecular weight is 273 g/mol. The van der Waals surface area contributed by atoms with Crippen LogP contribution in [0.25, 0.3) is 11.0 Å². The lowest BCUT2D eigenvalue weighted by Crippen LogP contribution is -2.25. The molecule has 0 saturated carbocycles. The summed E-state index contributed by atoms with van der Waals surface area (Å²) in [5.41, 5.74) is 1.57. The molecule has 0 radical (unpaired) electrons. The zero-order valence-electron chi connectivity index (χ0n) is 12.0. The Bertz CT molecular complexity index is 632. The molecule has 20 heavy (non-hydrogen) atoms. The van der Waals surface area contributed by atoms with E-state index >= 15 is 0 Å². The topological polar surface area (TPSA) is 64.0 Å². The number of hydrogen-bond acceptors (Lipinski definition) is 4. The zero-order valence-corrected chi connectivity index (χ0v) is 12.0. The lowest BCUT2D eigenvalue weighted by molar-refractivity contribution is -0.129. The van der Waals surface area contributed by atoms with Gasteiger partial charge in [0.1, 0.15) is 0 Å². The van der Waals surface area contributed by atoms with Gasteiger partial charge in [-0.25, -0.2) is 4.98 Å². The molecular weight excluding hydrogens is 254 g/mol. The summed E-state index contributed by atoms with van der Waals surface area (Å²) in [7, 11) is 0. The predicted octanol–water partition coefficient (Wildman–Crippen LogP) is 2.58. The number of ketones is 2. The van der Waals surface area contributed by atoms with E-state index in [4.69, 9.17) is 0 Å². The minimum Gasteiger partial charge on any atom is -0.356 e. The molecule has 5 heteroatoms. The summed E-state index contributed by atoms with van der Waals surface area (Å²) in [5.74, 6) is 0.212. The van der Waals surface area contributed by atoms with Crippen LogP contribution in [0.2, 0.25) is 0 Å². The van der Waals surface area contributed by atoms with E-state index in [-0.39, 0.29) is 11.6 Å². The van der Waals surface area contributed by atoms with Gasteiger partial charge in [0.15, 0.2) is 17.6 Å². The number of para-hydroxylation sites is 2. The van der Waals surface area contributed by atoms with Crippen LogP contribution in [0.15, 0.2) is 24.3 Å². The molecule has 0 aliphatic carbocycles. The van der Waals surface area contributed by atoms with Crippen molar-refractivity contribution in [3.8, 4) is 0 Å². The first-order chi connectivity index (χ1) is 9.56. The SMILES string of the molecule is CCCNc1nc2ccccc2n1C(C(C)=O)C(C)=O. The van der Waals surface area contributed by atoms with Gasteiger partial charge in [0.25, 0.3) is 0 Å². The number of Topliss-reactive ketones (excluding diaryl/α,β-unsaturated/α-hetero) is 2. The number of imidazole rings is 1. The van der Waals surface area contributed by atoms with Gasteiger partial charge in [0.05, 0.1) is 11.0 Å². The number of rotatable bonds is 6. The molecular formula is C15H19N3O2. The first kappa shape index (κ1) is 14.2. The summed E-state index contributed by atoms with van der Waals surface area (Å²) in [6.45, 7) is 5.66. The van der Waals surface area contributed by atoms with Crippen molar-refractivity contribution in [2.45, 2.75) is 33.2 Å². The number of carbonyl (C=O) groups excluding carboxylic acids is 2. The van der Waals surface area contributed by atoms with E-state index in [1.165, 1.54) is 13.8 Å². The predicted molar refractivity (Wildman–Crippen MR) is 78.9 cm³/mol. The van der Waals surface area contributed by atoms with E-state index in [0.29, 0.717) is 5.95 Å². The summed E-state index contributed by atoms with van der Waals surface area (Å²) in [6, 6.07) is 6.70. The quantitative estimate of drug-likeness (QED) is 0.822. The van der Waals surface area contributed by atoms with Crippen LogP contribution in [0.5, 0.6) is 0 Å². The number of nitrogens with zero attached hydrogens (tertiary/aromatic N) is 2. The minimum absolute atomic E-state index is 0.180. The van der Waals surface area contributed by atoms with E-state index in [2.05, 4.69) is 10.3 Å². The molecule has 0 atom stereocenters. The molecule has 1 heterocycles. The second kappa shape index (κ2) is 5.86. The van der Waals surface area contributed by atoms with Crippen LogP contribution in [0.1, 0.15) is 33.2 Å². The highest BCUT2D eigenvalue weighted by Crippen LogP contribution is 2.25. The summed E-state index contributed by atoms with van der Waals surface area (Å²) >= 11 is 0. The van der Waals surface area contributed by atoms with Gasteiger partial charge in [0, 0.05) is 6.54 Å². The van der Waals surface area contributed by atoms with Gasteiger partial charge < -0.3 is 5.32 Å². The van der Waals surface area contributed by atoms with E-state index in [0.717, 1.165) is 24.0 Å². The molecule has 2 aromatic rings. The van der Waals surface area contributed by atoms with E-state index in [1.54, 1.807) is 4.57 Å². The van der Waals surface area contributed by atoms with Gasteiger partial charge in [-0.05, 0) is 32.4 Å². The van der Waals surface area contributed by atoms with Crippen LogP contribution < -0.4 is 5.32 Å². The van der Waals surface area contributed by atoms with Gasteiger partial charge in [-0.15, -0.1) is 0 Å². The maximum atomic E-state index is 11.9. The largest absolute Gasteiger partial charge is 0.356 e. The minimum atomic E-state index is -0.818. The Morgan fingerprint density at radius 3 is 2.50 bits per heavy atom. The fraction of sp³-hybridized carbons (Fsp3) is 0.400. The number of fused-ring (bicyclic) bond motifs is 1. The summed E-state index contributed by atoms with van der Waals surface area (Å²) < 4.78 is 1.70. The fourth-order valence-electron chi connectivity index (χ4n) is 2.32. The van der Waals surface area contributed by atoms with Crippen molar-refractivity contribution < 1.29 is 9.59 Å². The van der Waals surface area contributed by atoms with Crippen LogP contribution in [-0.2, 0) is 9.59 Å². The normalized spacial score (nSPS) is 11.0. The third-order valence-electron chi connectivity index (χ3n) is 3.16. The van der Waals surface area contributed by atoms with Crippen LogP contribution in [-0.4, -0.2) is 27.7 Å². The molecule has 1 aromatic carbocycles. The van der Waals surface area contributed by atoms with Crippen molar-refractivity contribution in [2.24, 2.45) is 0 Å². The fourth-order valence-corrected chi connectivity index (χ4v) is 2.32. The molecule has 2 rings (SSSR count). The molecule has 0 unspecified atom stereocenters. The van der Waals surface area contributed by atoms with E-state index in [1.807, 2.05) is 31.2 Å². The summed E-state index contributed by atoms with van der Waals surface area (Å²) in [6.07, 6.45) is 0.939. The van der Waals surface area contributed by atoms with Gasteiger partial charge >= 0.3 is 0 Å². The first-order valence-corrected chi connectivity index (χ1v) is 6.78. The molecule has 0 fully saturated rings. The highest BCUT2D eigenvalue weighted by atomic mass is 16.2. The number of anilines is 1. The lowest BCUT2D eigenvalue weighted by Gasteiger charge is -2.17. The standard InChI is InChI=1S/C15H19N3O2/c1-4-9-16-15-17-12-7-5-6-8-13(12)18(15)14(10(2)19)11(3)20/h5-8,14H,4,9H2,1-3H3,(H,16,17). The zero-order chi connectivity index (χ0) is 14.7. The van der Waals surface area contributed by atoms with Crippen LogP contribution in [0, 0.1) is 0 Å². The van der Waals surface area contributed by atoms with Gasteiger partial charge in [-0.2, -0.15) is 0 Å². The number of carbonyl (C=O) groups is 2. The molecule has 1 aromatic heterocycles. The van der Waals surface area contributed by atoms with Crippen molar-refractivity contribution in [1.82, 2.24) is 9.55 Å². The smallest absolute Gasteiger partial charge is 0.204 e. The molecule has 0 amide bonds. The average Bonchev–Trinajstić information content (AvgIpc) is 2.74. The van der Waals surface area contributed by atoms with Crippen LogP contribution in [0.3, 0.4) is 0 Å². The Morgan fingerprint density at radius 1 is 1.25 bits per heavy atom. The maximum Gasteiger partial charge on any atom is 0.204 e. The van der Waals surface area contributed by atoms with Crippen molar-refractivity contribution in [2.75, 3.05) is 11.9 Å². The van der Waals surface area contributed by atoms with Gasteiger partial charge in [-0.1, -0.05) is 19.1 Å². The van der Waals surface area contributed by atoms with E-state index in [9.17, 15) is 9.59 Å². The van der Waals surface area contributed by atoms with Crippen molar-refractivity contribution in [3.05, 3.63) is 24.3 Å². The van der Waals surface area contributed by atoms with Gasteiger partial charge in [-0.3, -0.25) is 14.2 Å². The third kappa shape index (κ3) is 2.57.